The number of halogens is 1. The Labute approximate surface area is 173 Å². The van der Waals surface area contributed by atoms with Gasteiger partial charge in [0.25, 0.3) is 0 Å². The van der Waals surface area contributed by atoms with Crippen LogP contribution in [0.15, 0.2) is 54.6 Å². The minimum Gasteiger partial charge on any atom is -0.382 e. The molecule has 1 aromatic heterocycles. The molecule has 152 valence electrons. The molecular weight excluding hydrogens is 381 g/mol. The SMILES string of the molecule is CCc1cc(-c2cccc3[nH]nc(N)c23)ccc1NC(=O)Nc1cc(C)ccc1F. The molecule has 0 radical (unpaired) electrons. The summed E-state index contributed by atoms with van der Waals surface area (Å²) < 4.78 is 13.9. The minimum atomic E-state index is -0.497. The second-order valence-corrected chi connectivity index (χ2v) is 7.12. The normalized spacial score (nSPS) is 10.9. The van der Waals surface area contributed by atoms with Crippen molar-refractivity contribution in [2.75, 3.05) is 16.4 Å². The summed E-state index contributed by atoms with van der Waals surface area (Å²) >= 11 is 0. The van der Waals surface area contributed by atoms with Gasteiger partial charge in [0.05, 0.1) is 16.6 Å². The van der Waals surface area contributed by atoms with Gasteiger partial charge < -0.3 is 16.4 Å². The number of rotatable bonds is 4. The van der Waals surface area contributed by atoms with E-state index in [1.54, 1.807) is 12.1 Å². The number of carbonyl (C=O) groups is 1. The Kier molecular flexibility index (Phi) is 5.10. The van der Waals surface area contributed by atoms with E-state index in [2.05, 4.69) is 20.8 Å². The number of H-pyrrole nitrogens is 1. The van der Waals surface area contributed by atoms with E-state index >= 15 is 0 Å². The van der Waals surface area contributed by atoms with Gasteiger partial charge >= 0.3 is 6.03 Å². The number of hydrogen-bond donors (Lipinski definition) is 4. The van der Waals surface area contributed by atoms with E-state index in [9.17, 15) is 9.18 Å². The second-order valence-electron chi connectivity index (χ2n) is 7.12. The summed E-state index contributed by atoms with van der Waals surface area (Å²) in [5.41, 5.74) is 11.5. The van der Waals surface area contributed by atoms with E-state index in [1.165, 1.54) is 6.07 Å². The first-order chi connectivity index (χ1) is 14.5. The standard InChI is InChI=1S/C23H22FN5O/c1-3-14-12-15(16-5-4-6-19-21(16)22(25)29-28-19)8-10-18(14)26-23(30)27-20-11-13(2)7-9-17(20)24/h4-12H,3H2,1-2H3,(H3,25,28,29)(H2,26,27,30). The summed E-state index contributed by atoms with van der Waals surface area (Å²) in [6.07, 6.45) is 0.707. The topological polar surface area (TPSA) is 95.8 Å². The van der Waals surface area contributed by atoms with Crippen LogP contribution >= 0.6 is 0 Å². The van der Waals surface area contributed by atoms with Crippen molar-refractivity contribution >= 4 is 34.1 Å². The second kappa shape index (κ2) is 7.87. The van der Waals surface area contributed by atoms with Gasteiger partial charge in [0.1, 0.15) is 5.82 Å². The molecule has 0 aliphatic rings. The quantitative estimate of drug-likeness (QED) is 0.364. The Morgan fingerprint density at radius 2 is 1.90 bits per heavy atom. The molecule has 5 N–H and O–H groups in total. The van der Waals surface area contributed by atoms with Gasteiger partial charge in [0.2, 0.25) is 0 Å². The largest absolute Gasteiger partial charge is 0.382 e. The number of nitrogens with zero attached hydrogens (tertiary/aromatic N) is 1. The van der Waals surface area contributed by atoms with E-state index in [4.69, 9.17) is 5.73 Å². The first-order valence-corrected chi connectivity index (χ1v) is 9.66. The van der Waals surface area contributed by atoms with Gasteiger partial charge in [0.15, 0.2) is 5.82 Å². The van der Waals surface area contributed by atoms with Crippen molar-refractivity contribution in [3.63, 3.8) is 0 Å². The van der Waals surface area contributed by atoms with Gasteiger partial charge in [-0.15, -0.1) is 0 Å². The third-order valence-electron chi connectivity index (χ3n) is 5.03. The smallest absolute Gasteiger partial charge is 0.323 e. The number of nitrogens with two attached hydrogens (primary N) is 1. The first kappa shape index (κ1) is 19.4. The average Bonchev–Trinajstić information content (AvgIpc) is 3.12. The number of nitrogen functional groups attached to an aromatic ring is 1. The first-order valence-electron chi connectivity index (χ1n) is 9.66. The van der Waals surface area contributed by atoms with Gasteiger partial charge in [-0.1, -0.05) is 31.2 Å². The van der Waals surface area contributed by atoms with Crippen LogP contribution in [0.2, 0.25) is 0 Å². The molecule has 0 spiro atoms. The van der Waals surface area contributed by atoms with E-state index in [0.29, 0.717) is 17.9 Å². The molecule has 0 atom stereocenters. The fraction of sp³-hybridized carbons (Fsp3) is 0.130. The van der Waals surface area contributed by atoms with Crippen LogP contribution in [0.4, 0.5) is 26.4 Å². The lowest BCUT2D eigenvalue weighted by Gasteiger charge is -2.14. The number of carbonyl (C=O) groups excluding carboxylic acids is 1. The van der Waals surface area contributed by atoms with Crippen molar-refractivity contribution in [3.05, 3.63) is 71.5 Å². The van der Waals surface area contributed by atoms with E-state index in [0.717, 1.165) is 33.2 Å². The summed E-state index contributed by atoms with van der Waals surface area (Å²) in [4.78, 5) is 12.4. The summed E-state index contributed by atoms with van der Waals surface area (Å²) in [6.45, 7) is 3.85. The molecule has 0 saturated carbocycles. The molecule has 1 heterocycles. The molecule has 4 aromatic rings. The lowest BCUT2D eigenvalue weighted by molar-refractivity contribution is 0.262. The lowest BCUT2D eigenvalue weighted by atomic mass is 9.97. The molecule has 4 rings (SSSR count). The van der Waals surface area contributed by atoms with Crippen molar-refractivity contribution in [1.29, 1.82) is 0 Å². The molecule has 30 heavy (non-hydrogen) atoms. The van der Waals surface area contributed by atoms with Crippen molar-refractivity contribution in [3.8, 4) is 11.1 Å². The van der Waals surface area contributed by atoms with Gasteiger partial charge in [-0.3, -0.25) is 5.10 Å². The van der Waals surface area contributed by atoms with Crippen LogP contribution in [0, 0.1) is 12.7 Å². The molecule has 0 aliphatic carbocycles. The molecule has 0 fully saturated rings. The number of urea groups is 1. The molecule has 0 unspecified atom stereocenters. The van der Waals surface area contributed by atoms with Gasteiger partial charge in [-0.05, 0) is 65.9 Å². The molecule has 0 saturated heterocycles. The highest BCUT2D eigenvalue weighted by Crippen LogP contribution is 2.33. The zero-order valence-corrected chi connectivity index (χ0v) is 16.7. The summed E-state index contributed by atoms with van der Waals surface area (Å²) in [5, 5.41) is 13.3. The van der Waals surface area contributed by atoms with Gasteiger partial charge in [-0.25, -0.2) is 9.18 Å². The number of fused-ring (bicyclic) bond motifs is 1. The van der Waals surface area contributed by atoms with Crippen molar-refractivity contribution in [2.24, 2.45) is 0 Å². The van der Waals surface area contributed by atoms with Crippen LogP contribution in [0.25, 0.3) is 22.0 Å². The molecule has 0 aliphatic heterocycles. The Morgan fingerprint density at radius 3 is 2.70 bits per heavy atom. The Morgan fingerprint density at radius 1 is 1.10 bits per heavy atom. The van der Waals surface area contributed by atoms with Crippen LogP contribution in [-0.2, 0) is 6.42 Å². The third kappa shape index (κ3) is 3.69. The maximum absolute atomic E-state index is 13.9. The predicted octanol–water partition coefficient (Wildman–Crippen LogP) is 5.47. The number of aryl methyl sites for hydroxylation is 2. The number of benzene rings is 3. The van der Waals surface area contributed by atoms with Crippen molar-refractivity contribution in [2.45, 2.75) is 20.3 Å². The van der Waals surface area contributed by atoms with E-state index < -0.39 is 11.8 Å². The van der Waals surface area contributed by atoms with Gasteiger partial charge in [0, 0.05) is 5.69 Å². The highest BCUT2D eigenvalue weighted by Gasteiger charge is 2.13. The van der Waals surface area contributed by atoms with Gasteiger partial charge in [-0.2, -0.15) is 5.10 Å². The number of aromatic nitrogens is 2. The van der Waals surface area contributed by atoms with Crippen LogP contribution in [0.3, 0.4) is 0 Å². The number of anilines is 3. The molecule has 7 heteroatoms. The average molecular weight is 403 g/mol. The minimum absolute atomic E-state index is 0.143. The monoisotopic (exact) mass is 403 g/mol. The highest BCUT2D eigenvalue weighted by atomic mass is 19.1. The number of aromatic amines is 1. The number of nitrogens with one attached hydrogen (secondary N) is 3. The number of amides is 2. The number of hydrogen-bond acceptors (Lipinski definition) is 3. The zero-order chi connectivity index (χ0) is 21.3. The molecule has 6 nitrogen and oxygen atoms in total. The van der Waals surface area contributed by atoms with Crippen LogP contribution < -0.4 is 16.4 Å². The third-order valence-corrected chi connectivity index (χ3v) is 5.03. The highest BCUT2D eigenvalue weighted by molar-refractivity contribution is 6.03. The van der Waals surface area contributed by atoms with E-state index in [1.807, 2.05) is 50.2 Å². The fourth-order valence-electron chi connectivity index (χ4n) is 3.52. The Balaban J connectivity index is 1.62. The van der Waals surface area contributed by atoms with Crippen molar-refractivity contribution < 1.29 is 9.18 Å². The molecular formula is C23H22FN5O. The van der Waals surface area contributed by atoms with Crippen LogP contribution in [0.5, 0.6) is 0 Å². The molecule has 2 amide bonds. The van der Waals surface area contributed by atoms with Crippen LogP contribution in [-0.4, -0.2) is 16.2 Å². The maximum atomic E-state index is 13.9. The predicted molar refractivity (Wildman–Crippen MR) is 119 cm³/mol. The zero-order valence-electron chi connectivity index (χ0n) is 16.7. The lowest BCUT2D eigenvalue weighted by Crippen LogP contribution is -2.21. The van der Waals surface area contributed by atoms with Crippen LogP contribution in [0.1, 0.15) is 18.1 Å². The summed E-state index contributed by atoms with van der Waals surface area (Å²) in [5.74, 6) is -0.0342. The molecule has 3 aromatic carbocycles. The van der Waals surface area contributed by atoms with E-state index in [-0.39, 0.29) is 5.69 Å². The fourth-order valence-corrected chi connectivity index (χ4v) is 3.52. The Bertz CT molecular complexity index is 1250. The summed E-state index contributed by atoms with van der Waals surface area (Å²) in [6, 6.07) is 15.7. The summed E-state index contributed by atoms with van der Waals surface area (Å²) in [7, 11) is 0. The Hall–Kier alpha value is -3.87. The maximum Gasteiger partial charge on any atom is 0.323 e. The molecule has 0 bridgehead atoms. The van der Waals surface area contributed by atoms with Crippen molar-refractivity contribution in [1.82, 2.24) is 10.2 Å².